The van der Waals surface area contributed by atoms with Crippen LogP contribution < -0.4 is 53.7 Å². The van der Waals surface area contributed by atoms with Crippen LogP contribution in [0.2, 0.25) is 0 Å². The molecule has 20 nitrogen and oxygen atoms in total. The molecule has 12 N–H and O–H groups in total. The Labute approximate surface area is 350 Å². The third kappa shape index (κ3) is 18.4. The van der Waals surface area contributed by atoms with E-state index in [0.29, 0.717) is 37.5 Å². The minimum Gasteiger partial charge on any atom is -0.368 e. The molecule has 59 heavy (non-hydrogen) atoms. The molecule has 0 aromatic heterocycles. The molecule has 0 spiro atoms. The van der Waals surface area contributed by atoms with Gasteiger partial charge in [-0.2, -0.15) is 11.8 Å². The maximum Gasteiger partial charge on any atom is 0.315 e. The maximum absolute atomic E-state index is 13.3. The Morgan fingerprint density at radius 2 is 1.39 bits per heavy atom. The number of amides is 10. The van der Waals surface area contributed by atoms with Crippen LogP contribution in [0.4, 0.5) is 4.79 Å². The van der Waals surface area contributed by atoms with E-state index in [-0.39, 0.29) is 42.8 Å². The van der Waals surface area contributed by atoms with Gasteiger partial charge in [-0.3, -0.25) is 43.6 Å². The van der Waals surface area contributed by atoms with Crippen molar-refractivity contribution in [1.29, 1.82) is 0 Å². The summed E-state index contributed by atoms with van der Waals surface area (Å²) >= 11 is 1.84. The number of nitrogens with one attached hydrogen (secondary N) is 9. The van der Waals surface area contributed by atoms with Gasteiger partial charge in [0.15, 0.2) is 0 Å². The average Bonchev–Trinajstić information content (AvgIpc) is 3.72. The second-order valence-electron chi connectivity index (χ2n) is 16.3. The molecule has 2 fully saturated rings. The summed E-state index contributed by atoms with van der Waals surface area (Å²) in [5.74, 6) is -5.56. The van der Waals surface area contributed by atoms with E-state index in [9.17, 15) is 43.2 Å². The first-order valence-corrected chi connectivity index (χ1v) is 21.5. The van der Waals surface area contributed by atoms with E-state index in [2.05, 4.69) is 42.5 Å². The molecule has 0 aromatic rings. The molecule has 2 rings (SSSR count). The third-order valence-corrected chi connectivity index (χ3v) is 11.6. The standard InChI is InChI=1S/C38H66N10O10S/c1-20(2)15-23(16-28(50)48-58)35(54)45-32(22(5)6)37(56)46-31(21(3)4)36(55)42-17-29(51)41-18-30(52)43-24(34(39)53)11-9-10-14-40-27(49)13-8-7-12-26-33-25(19-59-26)44-38(57)47-33/h20-26,31-33,58H,7-19H2,1-6H3,(H2,39,53)(H,40,49)(H,41,51)(H,42,55)(H,43,52)(H,45,54)(H,46,56)(H,48,50)(H2,44,47,57)/t23?,24-,25-,26-,31-,32-,33-/m0/s1. The number of carbonyl (C=O) groups excluding carboxylic acids is 9. The summed E-state index contributed by atoms with van der Waals surface area (Å²) in [4.78, 5) is 112. The lowest BCUT2D eigenvalue weighted by atomic mass is 9.92. The summed E-state index contributed by atoms with van der Waals surface area (Å²) in [7, 11) is 0. The monoisotopic (exact) mass is 854 g/mol. The van der Waals surface area contributed by atoms with Crippen molar-refractivity contribution in [2.75, 3.05) is 25.4 Å². The van der Waals surface area contributed by atoms with Crippen LogP contribution in [0.5, 0.6) is 0 Å². The van der Waals surface area contributed by atoms with Crippen molar-refractivity contribution in [1.82, 2.24) is 48.0 Å². The van der Waals surface area contributed by atoms with E-state index >= 15 is 0 Å². The molecule has 334 valence electrons. The average molecular weight is 855 g/mol. The Kier molecular flexibility index (Phi) is 22.0. The predicted octanol–water partition coefficient (Wildman–Crippen LogP) is -0.959. The molecule has 2 aliphatic rings. The highest BCUT2D eigenvalue weighted by Crippen LogP contribution is 2.33. The van der Waals surface area contributed by atoms with Gasteiger partial charge >= 0.3 is 6.03 Å². The molecule has 2 saturated heterocycles. The molecule has 0 saturated carbocycles. The SMILES string of the molecule is CC(C)CC(CC(=O)NO)C(=O)N[C@H](C(=O)N[C@H](C(=O)NCC(=O)NCC(=O)N[C@@H](CCCCNC(=O)CCCC[C@@H]1SC[C@@H]2NC(=O)N[C@@H]21)C(N)=O)C(C)C)C(C)C. The van der Waals surface area contributed by atoms with E-state index in [0.717, 1.165) is 25.0 Å². The van der Waals surface area contributed by atoms with Crippen molar-refractivity contribution in [2.45, 2.75) is 135 Å². The van der Waals surface area contributed by atoms with Crippen molar-refractivity contribution in [3.05, 3.63) is 0 Å². The number of urea groups is 1. The molecule has 21 heteroatoms. The first kappa shape index (κ1) is 50.5. The van der Waals surface area contributed by atoms with Crippen molar-refractivity contribution in [3.8, 4) is 0 Å². The van der Waals surface area contributed by atoms with Gasteiger partial charge in [-0.05, 0) is 56.3 Å². The highest BCUT2D eigenvalue weighted by atomic mass is 32.2. The first-order valence-electron chi connectivity index (χ1n) is 20.4. The summed E-state index contributed by atoms with van der Waals surface area (Å²) in [6.07, 6.45) is 4.20. The van der Waals surface area contributed by atoms with Gasteiger partial charge in [0.25, 0.3) is 0 Å². The van der Waals surface area contributed by atoms with Crippen molar-refractivity contribution < 1.29 is 48.4 Å². The first-order chi connectivity index (χ1) is 27.8. The Bertz CT molecular complexity index is 1480. The summed E-state index contributed by atoms with van der Waals surface area (Å²) < 4.78 is 0. The number of rotatable bonds is 27. The van der Waals surface area contributed by atoms with Crippen LogP contribution in [0.1, 0.15) is 99.3 Å². The van der Waals surface area contributed by atoms with E-state index in [1.54, 1.807) is 27.7 Å². The fraction of sp³-hybridized carbons (Fsp3) is 0.763. The smallest absolute Gasteiger partial charge is 0.315 e. The Morgan fingerprint density at radius 3 is 2.02 bits per heavy atom. The van der Waals surface area contributed by atoms with Crippen molar-refractivity contribution in [3.63, 3.8) is 0 Å². The number of carbonyl (C=O) groups is 9. The molecule has 0 bridgehead atoms. The quantitative estimate of drug-likeness (QED) is 0.0207. The number of fused-ring (bicyclic) bond motifs is 1. The molecule has 2 heterocycles. The zero-order valence-electron chi connectivity index (χ0n) is 35.1. The fourth-order valence-electron chi connectivity index (χ4n) is 6.82. The van der Waals surface area contributed by atoms with Crippen LogP contribution in [-0.4, -0.2) is 119 Å². The van der Waals surface area contributed by atoms with Crippen LogP contribution >= 0.6 is 11.8 Å². The summed E-state index contributed by atoms with van der Waals surface area (Å²) in [6, 6.07) is -2.96. The normalized spacial score (nSPS) is 19.0. The number of hydroxylamine groups is 1. The molecule has 1 unspecified atom stereocenters. The predicted molar refractivity (Wildman–Crippen MR) is 219 cm³/mol. The lowest BCUT2D eigenvalue weighted by Crippen LogP contribution is -2.58. The number of hydrogen-bond donors (Lipinski definition) is 11. The molecule has 0 aromatic carbocycles. The molecule has 0 radical (unpaired) electrons. The maximum atomic E-state index is 13.3. The molecule has 10 amide bonds. The van der Waals surface area contributed by atoms with Gasteiger partial charge in [0, 0.05) is 36.3 Å². The summed E-state index contributed by atoms with van der Waals surface area (Å²) in [5.41, 5.74) is 6.99. The molecule has 0 aliphatic carbocycles. The van der Waals surface area contributed by atoms with Crippen LogP contribution in [-0.2, 0) is 38.4 Å². The third-order valence-electron chi connectivity index (χ3n) is 10.0. The van der Waals surface area contributed by atoms with Gasteiger partial charge < -0.3 is 48.3 Å². The fourth-order valence-corrected chi connectivity index (χ4v) is 8.36. The molecular formula is C38H66N10O10S. The zero-order valence-corrected chi connectivity index (χ0v) is 35.9. The van der Waals surface area contributed by atoms with E-state index in [1.165, 1.54) is 5.48 Å². The van der Waals surface area contributed by atoms with Crippen LogP contribution in [0, 0.1) is 23.7 Å². The Morgan fingerprint density at radius 1 is 0.746 bits per heavy atom. The highest BCUT2D eigenvalue weighted by Gasteiger charge is 2.42. The van der Waals surface area contributed by atoms with Crippen LogP contribution in [0.3, 0.4) is 0 Å². The summed E-state index contributed by atoms with van der Waals surface area (Å²) in [6.45, 7) is 9.87. The largest absolute Gasteiger partial charge is 0.368 e. The van der Waals surface area contributed by atoms with Gasteiger partial charge in [0.05, 0.1) is 25.2 Å². The highest BCUT2D eigenvalue weighted by molar-refractivity contribution is 8.00. The van der Waals surface area contributed by atoms with Gasteiger partial charge in [-0.15, -0.1) is 0 Å². The van der Waals surface area contributed by atoms with Gasteiger partial charge in [0.1, 0.15) is 18.1 Å². The number of thioether (sulfide) groups is 1. The second-order valence-corrected chi connectivity index (χ2v) is 17.5. The van der Waals surface area contributed by atoms with Crippen molar-refractivity contribution in [2.24, 2.45) is 29.4 Å². The molecular weight excluding hydrogens is 789 g/mol. The van der Waals surface area contributed by atoms with Crippen LogP contribution in [0.15, 0.2) is 0 Å². The van der Waals surface area contributed by atoms with E-state index in [4.69, 9.17) is 10.9 Å². The minimum absolute atomic E-state index is 0.0417. The number of unbranched alkanes of at least 4 members (excludes halogenated alkanes) is 2. The van der Waals surface area contributed by atoms with Gasteiger partial charge in [-0.25, -0.2) is 10.3 Å². The number of primary amides is 1. The van der Waals surface area contributed by atoms with Gasteiger partial charge in [-0.1, -0.05) is 48.0 Å². The lowest BCUT2D eigenvalue weighted by molar-refractivity contribution is -0.137. The van der Waals surface area contributed by atoms with E-state index in [1.807, 2.05) is 25.6 Å². The Hall–Kier alpha value is -4.66. The lowest BCUT2D eigenvalue weighted by Gasteiger charge is -2.28. The minimum atomic E-state index is -1.09. The zero-order chi connectivity index (χ0) is 44.2. The number of nitrogens with two attached hydrogens (primary N) is 1. The van der Waals surface area contributed by atoms with Crippen LogP contribution in [0.25, 0.3) is 0 Å². The molecule has 2 aliphatic heterocycles. The Balaban J connectivity index is 1.71. The number of hydrogen-bond acceptors (Lipinski definition) is 11. The van der Waals surface area contributed by atoms with Gasteiger partial charge in [0.2, 0.25) is 47.3 Å². The van der Waals surface area contributed by atoms with E-state index < -0.39 is 90.3 Å². The topological polar surface area (TPSA) is 308 Å². The van der Waals surface area contributed by atoms with Crippen molar-refractivity contribution >= 4 is 65.1 Å². The summed E-state index contributed by atoms with van der Waals surface area (Å²) in [5, 5.41) is 30.6. The molecule has 7 atom stereocenters. The second kappa shape index (κ2) is 25.7.